The number of para-hydroxylation sites is 1. The number of hydrogen-bond acceptors (Lipinski definition) is 4. The average Bonchev–Trinajstić information content (AvgIpc) is 3.11. The van der Waals surface area contributed by atoms with Gasteiger partial charge in [0.2, 0.25) is 5.91 Å². The van der Waals surface area contributed by atoms with Gasteiger partial charge in [-0.15, -0.1) is 0 Å². The molecular weight excluding hydrogens is 415 g/mol. The van der Waals surface area contributed by atoms with E-state index in [9.17, 15) is 9.18 Å². The molecule has 0 saturated heterocycles. The van der Waals surface area contributed by atoms with Crippen molar-refractivity contribution in [2.75, 3.05) is 25.6 Å². The lowest BCUT2D eigenvalue weighted by molar-refractivity contribution is -0.126. The summed E-state index contributed by atoms with van der Waals surface area (Å²) >= 11 is 0. The molecule has 1 aliphatic heterocycles. The first-order valence-corrected chi connectivity index (χ1v) is 11.9. The summed E-state index contributed by atoms with van der Waals surface area (Å²) in [5.41, 5.74) is 1.68. The molecule has 1 heterocycles. The normalized spacial score (nSPS) is 21.2. The highest BCUT2D eigenvalue weighted by Gasteiger charge is 2.53. The van der Waals surface area contributed by atoms with E-state index in [0.717, 1.165) is 42.6 Å². The molecule has 3 rings (SSSR count). The average molecular weight is 453 g/mol. The topological polar surface area (TPSA) is 47.9 Å². The zero-order valence-corrected chi connectivity index (χ0v) is 20.5. The lowest BCUT2D eigenvalue weighted by Gasteiger charge is -2.38. The Balaban J connectivity index is 1.99. The molecule has 2 aromatic carbocycles. The van der Waals surface area contributed by atoms with Gasteiger partial charge in [0, 0.05) is 18.5 Å². The summed E-state index contributed by atoms with van der Waals surface area (Å²) in [6, 6.07) is 16.6. The Morgan fingerprint density at radius 2 is 1.85 bits per heavy atom. The highest BCUT2D eigenvalue weighted by molar-refractivity contribution is 6.10. The van der Waals surface area contributed by atoms with Crippen LogP contribution in [0.5, 0.6) is 0 Å². The minimum Gasteiger partial charge on any atom is -0.354 e. The number of rotatable bonds is 10. The molecule has 1 aliphatic rings. The van der Waals surface area contributed by atoms with Crippen molar-refractivity contribution in [2.45, 2.75) is 58.0 Å². The van der Waals surface area contributed by atoms with Gasteiger partial charge in [-0.25, -0.2) is 9.40 Å². The van der Waals surface area contributed by atoms with Gasteiger partial charge in [0.05, 0.1) is 11.4 Å². The maximum atomic E-state index is 13.8. The number of halogens is 1. The largest absolute Gasteiger partial charge is 0.354 e. The van der Waals surface area contributed by atoms with Gasteiger partial charge in [-0.2, -0.15) is 5.10 Å². The number of amides is 1. The van der Waals surface area contributed by atoms with E-state index in [1.165, 1.54) is 12.1 Å². The molecule has 5 nitrogen and oxygen atoms in total. The van der Waals surface area contributed by atoms with E-state index in [1.54, 1.807) is 12.1 Å². The SMILES string of the molecule is CCCCC1C(c2ccc(F)cc2)=NN(c2ccccc2)C1(C)C(=O)NCCC(C)N(C)C. The third kappa shape index (κ3) is 5.44. The summed E-state index contributed by atoms with van der Waals surface area (Å²) in [5.74, 6) is -0.424. The second-order valence-electron chi connectivity index (χ2n) is 9.34. The minimum atomic E-state index is -0.887. The number of hydrogen-bond donors (Lipinski definition) is 1. The van der Waals surface area contributed by atoms with E-state index in [1.807, 2.05) is 56.4 Å². The fourth-order valence-corrected chi connectivity index (χ4v) is 4.38. The first-order chi connectivity index (χ1) is 15.8. The maximum Gasteiger partial charge on any atom is 0.248 e. The zero-order chi connectivity index (χ0) is 24.0. The van der Waals surface area contributed by atoms with Crippen LogP contribution in [0.1, 0.15) is 52.0 Å². The van der Waals surface area contributed by atoms with Crippen LogP contribution in [-0.2, 0) is 4.79 Å². The Morgan fingerprint density at radius 3 is 2.45 bits per heavy atom. The Bertz CT molecular complexity index is 944. The molecule has 0 spiro atoms. The number of benzene rings is 2. The van der Waals surface area contributed by atoms with Crippen molar-refractivity contribution in [3.05, 3.63) is 66.0 Å². The van der Waals surface area contributed by atoms with Crippen LogP contribution in [0.25, 0.3) is 0 Å². The predicted octanol–water partition coefficient (Wildman–Crippen LogP) is 5.07. The summed E-state index contributed by atoms with van der Waals surface area (Å²) in [6.07, 6.45) is 3.70. The minimum absolute atomic E-state index is 0.0285. The summed E-state index contributed by atoms with van der Waals surface area (Å²) in [5, 5.41) is 10.1. The molecule has 1 amide bonds. The van der Waals surface area contributed by atoms with Crippen LogP contribution in [0.3, 0.4) is 0 Å². The smallest absolute Gasteiger partial charge is 0.248 e. The van der Waals surface area contributed by atoms with Gasteiger partial charge in [0.1, 0.15) is 11.4 Å². The maximum absolute atomic E-state index is 13.8. The Labute approximate surface area is 197 Å². The van der Waals surface area contributed by atoms with Crippen molar-refractivity contribution in [1.82, 2.24) is 10.2 Å². The van der Waals surface area contributed by atoms with Gasteiger partial charge in [0.15, 0.2) is 0 Å². The van der Waals surface area contributed by atoms with Crippen LogP contribution in [0.2, 0.25) is 0 Å². The highest BCUT2D eigenvalue weighted by Crippen LogP contribution is 2.41. The van der Waals surface area contributed by atoms with Gasteiger partial charge in [-0.05, 0) is 70.6 Å². The zero-order valence-electron chi connectivity index (χ0n) is 20.5. The van der Waals surface area contributed by atoms with Crippen molar-refractivity contribution >= 4 is 17.3 Å². The molecule has 0 aliphatic carbocycles. The number of anilines is 1. The number of hydrazone groups is 1. The first-order valence-electron chi connectivity index (χ1n) is 11.9. The van der Waals surface area contributed by atoms with Gasteiger partial charge >= 0.3 is 0 Å². The van der Waals surface area contributed by atoms with Crippen LogP contribution < -0.4 is 10.3 Å². The third-order valence-electron chi connectivity index (χ3n) is 6.83. The molecular formula is C27H37FN4O. The number of nitrogens with zero attached hydrogens (tertiary/aromatic N) is 3. The van der Waals surface area contributed by atoms with Crippen LogP contribution in [0.4, 0.5) is 10.1 Å². The van der Waals surface area contributed by atoms with E-state index in [2.05, 4.69) is 24.1 Å². The van der Waals surface area contributed by atoms with Crippen LogP contribution >= 0.6 is 0 Å². The molecule has 0 bridgehead atoms. The van der Waals surface area contributed by atoms with E-state index in [0.29, 0.717) is 12.6 Å². The van der Waals surface area contributed by atoms with Gasteiger partial charge in [-0.1, -0.05) is 50.1 Å². The molecule has 0 radical (unpaired) electrons. The lowest BCUT2D eigenvalue weighted by Crippen LogP contribution is -2.58. The quantitative estimate of drug-likeness (QED) is 0.547. The fraction of sp³-hybridized carbons (Fsp3) is 0.481. The molecule has 6 heteroatoms. The number of carbonyl (C=O) groups excluding carboxylic acids is 1. The highest BCUT2D eigenvalue weighted by atomic mass is 19.1. The number of nitrogens with one attached hydrogen (secondary N) is 1. The second kappa shape index (κ2) is 10.9. The molecule has 1 N–H and O–H groups in total. The first kappa shape index (κ1) is 24.9. The Kier molecular flexibility index (Phi) is 8.25. The monoisotopic (exact) mass is 452 g/mol. The van der Waals surface area contributed by atoms with Crippen LogP contribution in [-0.4, -0.2) is 48.7 Å². The van der Waals surface area contributed by atoms with Crippen LogP contribution in [0, 0.1) is 11.7 Å². The third-order valence-corrected chi connectivity index (χ3v) is 6.83. The van der Waals surface area contributed by atoms with E-state index < -0.39 is 5.54 Å². The molecule has 178 valence electrons. The molecule has 3 unspecified atom stereocenters. The Morgan fingerprint density at radius 1 is 1.18 bits per heavy atom. The molecule has 2 aromatic rings. The lowest BCUT2D eigenvalue weighted by atomic mass is 9.77. The second-order valence-corrected chi connectivity index (χ2v) is 9.34. The summed E-state index contributed by atoms with van der Waals surface area (Å²) < 4.78 is 13.6. The number of unbranched alkanes of at least 4 members (excludes halogenated alkanes) is 1. The Hall–Kier alpha value is -2.73. The van der Waals surface area contributed by atoms with Crippen LogP contribution in [0.15, 0.2) is 59.7 Å². The molecule has 0 aromatic heterocycles. The van der Waals surface area contributed by atoms with E-state index in [4.69, 9.17) is 5.10 Å². The summed E-state index contributed by atoms with van der Waals surface area (Å²) in [4.78, 5) is 16.0. The van der Waals surface area contributed by atoms with E-state index in [-0.39, 0.29) is 17.6 Å². The van der Waals surface area contributed by atoms with Crippen molar-refractivity contribution in [1.29, 1.82) is 0 Å². The van der Waals surface area contributed by atoms with Gasteiger partial charge in [-0.3, -0.25) is 4.79 Å². The van der Waals surface area contributed by atoms with Crippen molar-refractivity contribution < 1.29 is 9.18 Å². The van der Waals surface area contributed by atoms with Crippen molar-refractivity contribution in [3.8, 4) is 0 Å². The summed E-state index contributed by atoms with van der Waals surface area (Å²) in [6.45, 7) is 6.89. The molecule has 0 saturated carbocycles. The van der Waals surface area contributed by atoms with Crippen molar-refractivity contribution in [3.63, 3.8) is 0 Å². The number of carbonyl (C=O) groups is 1. The molecule has 0 fully saturated rings. The van der Waals surface area contributed by atoms with Gasteiger partial charge < -0.3 is 10.2 Å². The molecule has 33 heavy (non-hydrogen) atoms. The summed E-state index contributed by atoms with van der Waals surface area (Å²) in [7, 11) is 4.09. The molecule has 3 atom stereocenters. The standard InChI is InChI=1S/C27H37FN4O/c1-6-7-13-24-25(21-14-16-22(28)17-15-21)30-32(23-11-9-8-10-12-23)27(24,3)26(33)29-19-18-20(2)31(4)5/h8-12,14-17,20,24H,6-7,13,18-19H2,1-5H3,(H,29,33). The van der Waals surface area contributed by atoms with Gasteiger partial charge in [0.25, 0.3) is 0 Å². The fourth-order valence-electron chi connectivity index (χ4n) is 4.38. The van der Waals surface area contributed by atoms with E-state index >= 15 is 0 Å². The van der Waals surface area contributed by atoms with Crippen molar-refractivity contribution in [2.24, 2.45) is 11.0 Å². The predicted molar refractivity (Wildman–Crippen MR) is 134 cm³/mol.